The van der Waals surface area contributed by atoms with E-state index in [-0.39, 0.29) is 16.8 Å². The van der Waals surface area contributed by atoms with E-state index < -0.39 is 23.6 Å². The van der Waals surface area contributed by atoms with Crippen LogP contribution in [0.4, 0.5) is 24.5 Å². The van der Waals surface area contributed by atoms with Crippen molar-refractivity contribution in [3.8, 4) is 0 Å². The molecule has 6 nitrogen and oxygen atoms in total. The lowest BCUT2D eigenvalue weighted by Crippen LogP contribution is -2.17. The SMILES string of the molecule is Cc1ccc(C(=O)Nc2cccc(C(F)(F)F)c2)cc1C(=O)Nc1cncnc1. The average molecular weight is 400 g/mol. The molecule has 0 bridgehead atoms. The number of alkyl halides is 3. The lowest BCUT2D eigenvalue weighted by atomic mass is 10.0. The number of benzene rings is 2. The lowest BCUT2D eigenvalue weighted by Gasteiger charge is -2.11. The Hall–Kier alpha value is -3.75. The molecule has 1 heterocycles. The maximum Gasteiger partial charge on any atom is 0.416 e. The third-order valence-electron chi connectivity index (χ3n) is 4.01. The molecular weight excluding hydrogens is 385 g/mol. The van der Waals surface area contributed by atoms with Crippen molar-refractivity contribution in [1.82, 2.24) is 9.97 Å². The fourth-order valence-corrected chi connectivity index (χ4v) is 2.55. The van der Waals surface area contributed by atoms with Crippen LogP contribution in [0.25, 0.3) is 0 Å². The maximum absolute atomic E-state index is 12.8. The minimum absolute atomic E-state index is 0.00200. The molecule has 0 spiro atoms. The van der Waals surface area contributed by atoms with E-state index in [1.807, 2.05) is 0 Å². The highest BCUT2D eigenvalue weighted by molar-refractivity contribution is 6.09. The molecule has 0 radical (unpaired) electrons. The van der Waals surface area contributed by atoms with E-state index in [9.17, 15) is 22.8 Å². The molecule has 2 N–H and O–H groups in total. The normalized spacial score (nSPS) is 11.0. The van der Waals surface area contributed by atoms with Gasteiger partial charge in [-0.3, -0.25) is 9.59 Å². The molecule has 0 aliphatic rings. The van der Waals surface area contributed by atoms with E-state index >= 15 is 0 Å². The first-order valence-corrected chi connectivity index (χ1v) is 8.39. The Morgan fingerprint density at radius 3 is 2.28 bits per heavy atom. The van der Waals surface area contributed by atoms with Crippen LogP contribution in [-0.4, -0.2) is 21.8 Å². The number of anilines is 2. The second kappa shape index (κ2) is 8.09. The van der Waals surface area contributed by atoms with Gasteiger partial charge in [0.15, 0.2) is 0 Å². The topological polar surface area (TPSA) is 84.0 Å². The van der Waals surface area contributed by atoms with Gasteiger partial charge >= 0.3 is 6.18 Å². The number of aryl methyl sites for hydroxylation is 1. The summed E-state index contributed by atoms with van der Waals surface area (Å²) >= 11 is 0. The van der Waals surface area contributed by atoms with E-state index in [0.29, 0.717) is 11.3 Å². The van der Waals surface area contributed by atoms with Crippen LogP contribution >= 0.6 is 0 Å². The maximum atomic E-state index is 12.8. The van der Waals surface area contributed by atoms with E-state index in [1.54, 1.807) is 13.0 Å². The fourth-order valence-electron chi connectivity index (χ4n) is 2.55. The van der Waals surface area contributed by atoms with Crippen molar-refractivity contribution in [3.05, 3.63) is 83.4 Å². The molecule has 0 aliphatic heterocycles. The largest absolute Gasteiger partial charge is 0.416 e. The summed E-state index contributed by atoms with van der Waals surface area (Å²) in [6.07, 6.45) is -0.356. The molecular formula is C20H15F3N4O2. The molecule has 1 aromatic heterocycles. The molecule has 2 amide bonds. The zero-order valence-electron chi connectivity index (χ0n) is 15.1. The van der Waals surface area contributed by atoms with Gasteiger partial charge in [0.2, 0.25) is 0 Å². The van der Waals surface area contributed by atoms with Crippen molar-refractivity contribution >= 4 is 23.2 Å². The quantitative estimate of drug-likeness (QED) is 0.684. The number of aromatic nitrogens is 2. The summed E-state index contributed by atoms with van der Waals surface area (Å²) in [6, 6.07) is 8.75. The van der Waals surface area contributed by atoms with Gasteiger partial charge in [-0.15, -0.1) is 0 Å². The van der Waals surface area contributed by atoms with Crippen molar-refractivity contribution in [1.29, 1.82) is 0 Å². The number of hydrogen-bond acceptors (Lipinski definition) is 4. The first-order chi connectivity index (χ1) is 13.7. The third-order valence-corrected chi connectivity index (χ3v) is 4.01. The number of carbonyl (C=O) groups is 2. The van der Waals surface area contributed by atoms with Gasteiger partial charge in [-0.05, 0) is 42.8 Å². The van der Waals surface area contributed by atoms with Crippen LogP contribution < -0.4 is 10.6 Å². The van der Waals surface area contributed by atoms with Crippen LogP contribution in [0.15, 0.2) is 61.2 Å². The molecule has 0 fully saturated rings. The van der Waals surface area contributed by atoms with E-state index in [1.165, 1.54) is 43.0 Å². The van der Waals surface area contributed by atoms with Crippen molar-refractivity contribution in [3.63, 3.8) is 0 Å². The Labute approximate surface area is 163 Å². The molecule has 29 heavy (non-hydrogen) atoms. The summed E-state index contributed by atoms with van der Waals surface area (Å²) in [4.78, 5) is 32.6. The minimum Gasteiger partial charge on any atom is -0.322 e. The van der Waals surface area contributed by atoms with Gasteiger partial charge in [-0.2, -0.15) is 13.2 Å². The Kier molecular flexibility index (Phi) is 5.58. The number of halogens is 3. The van der Waals surface area contributed by atoms with Crippen LogP contribution in [-0.2, 0) is 6.18 Å². The lowest BCUT2D eigenvalue weighted by molar-refractivity contribution is -0.137. The first-order valence-electron chi connectivity index (χ1n) is 8.39. The monoisotopic (exact) mass is 400 g/mol. The predicted molar refractivity (Wildman–Crippen MR) is 101 cm³/mol. The number of hydrogen-bond donors (Lipinski definition) is 2. The number of rotatable bonds is 4. The zero-order valence-corrected chi connectivity index (χ0v) is 15.1. The first kappa shape index (κ1) is 20.0. The molecule has 0 saturated carbocycles. The number of nitrogens with one attached hydrogen (secondary N) is 2. The fraction of sp³-hybridized carbons (Fsp3) is 0.100. The highest BCUT2D eigenvalue weighted by Gasteiger charge is 2.30. The Balaban J connectivity index is 1.80. The second-order valence-electron chi connectivity index (χ2n) is 6.14. The van der Waals surface area contributed by atoms with Gasteiger partial charge in [0.1, 0.15) is 6.33 Å². The smallest absolute Gasteiger partial charge is 0.322 e. The minimum atomic E-state index is -4.52. The van der Waals surface area contributed by atoms with E-state index in [2.05, 4.69) is 20.6 Å². The number of nitrogens with zero attached hydrogens (tertiary/aromatic N) is 2. The third kappa shape index (κ3) is 4.95. The molecule has 0 atom stereocenters. The van der Waals surface area contributed by atoms with E-state index in [4.69, 9.17) is 0 Å². The molecule has 0 saturated heterocycles. The van der Waals surface area contributed by atoms with Gasteiger partial charge in [-0.1, -0.05) is 12.1 Å². The average Bonchev–Trinajstić information content (AvgIpc) is 2.68. The summed E-state index contributed by atoms with van der Waals surface area (Å²) in [6.45, 7) is 1.70. The molecule has 0 unspecified atom stereocenters. The van der Waals surface area contributed by atoms with Gasteiger partial charge < -0.3 is 10.6 Å². The van der Waals surface area contributed by atoms with Crippen LogP contribution in [0, 0.1) is 6.92 Å². The molecule has 9 heteroatoms. The van der Waals surface area contributed by atoms with Crippen LogP contribution in [0.3, 0.4) is 0 Å². The Bertz CT molecular complexity index is 1050. The van der Waals surface area contributed by atoms with Crippen molar-refractivity contribution in [2.75, 3.05) is 10.6 Å². The van der Waals surface area contributed by atoms with Gasteiger partial charge in [0, 0.05) is 16.8 Å². The van der Waals surface area contributed by atoms with Crippen molar-refractivity contribution < 1.29 is 22.8 Å². The molecule has 0 aliphatic carbocycles. The Morgan fingerprint density at radius 1 is 0.897 bits per heavy atom. The predicted octanol–water partition coefficient (Wildman–Crippen LogP) is 4.31. The molecule has 2 aromatic carbocycles. The van der Waals surface area contributed by atoms with Crippen LogP contribution in [0.1, 0.15) is 31.8 Å². The summed E-state index contributed by atoms with van der Waals surface area (Å²) in [7, 11) is 0. The van der Waals surface area contributed by atoms with E-state index in [0.717, 1.165) is 12.1 Å². The van der Waals surface area contributed by atoms with Gasteiger partial charge in [-0.25, -0.2) is 9.97 Å². The van der Waals surface area contributed by atoms with Gasteiger partial charge in [0.25, 0.3) is 11.8 Å². The zero-order chi connectivity index (χ0) is 21.0. The highest BCUT2D eigenvalue weighted by Crippen LogP contribution is 2.30. The number of amides is 2. The van der Waals surface area contributed by atoms with Crippen LogP contribution in [0.5, 0.6) is 0 Å². The Morgan fingerprint density at radius 2 is 1.59 bits per heavy atom. The highest BCUT2D eigenvalue weighted by atomic mass is 19.4. The summed E-state index contributed by atoms with van der Waals surface area (Å²) in [5.41, 5.74) is 0.501. The molecule has 148 valence electrons. The van der Waals surface area contributed by atoms with Crippen molar-refractivity contribution in [2.24, 2.45) is 0 Å². The molecule has 3 aromatic rings. The second-order valence-corrected chi connectivity index (χ2v) is 6.14. The summed E-state index contributed by atoms with van der Waals surface area (Å²) < 4.78 is 38.5. The standard InChI is InChI=1S/C20H15F3N4O2/c1-12-5-6-13(7-17(12)19(29)27-16-9-24-11-25-10-16)18(28)26-15-4-2-3-14(8-15)20(21,22)23/h2-11H,1H3,(H,26,28)(H,27,29). The summed E-state index contributed by atoms with van der Waals surface area (Å²) in [5.74, 6) is -1.10. The van der Waals surface area contributed by atoms with Crippen molar-refractivity contribution in [2.45, 2.75) is 13.1 Å². The summed E-state index contributed by atoms with van der Waals surface area (Å²) in [5, 5.41) is 5.03. The molecule has 3 rings (SSSR count). The van der Waals surface area contributed by atoms with Gasteiger partial charge in [0.05, 0.1) is 23.6 Å². The number of carbonyl (C=O) groups excluding carboxylic acids is 2. The van der Waals surface area contributed by atoms with Crippen LogP contribution in [0.2, 0.25) is 0 Å².